The molecular weight excluding hydrogens is 202 g/mol. The third kappa shape index (κ3) is 1.98. The number of benzene rings is 1. The van der Waals surface area contributed by atoms with E-state index in [4.69, 9.17) is 9.47 Å². The van der Waals surface area contributed by atoms with E-state index < -0.39 is 0 Å². The van der Waals surface area contributed by atoms with Crippen molar-refractivity contribution in [2.75, 3.05) is 14.2 Å². The van der Waals surface area contributed by atoms with Crippen molar-refractivity contribution in [2.24, 2.45) is 0 Å². The second-order valence-corrected chi connectivity index (χ2v) is 3.21. The van der Waals surface area contributed by atoms with Crippen LogP contribution in [0.5, 0.6) is 11.5 Å². The molecule has 0 bridgehead atoms. The number of pyridine rings is 1. The highest BCUT2D eigenvalue weighted by molar-refractivity contribution is 5.68. The van der Waals surface area contributed by atoms with Gasteiger partial charge in [-0.15, -0.1) is 0 Å². The number of ether oxygens (including phenoxy) is 2. The summed E-state index contributed by atoms with van der Waals surface area (Å²) in [6, 6.07) is 12.3. The average molecular weight is 214 g/mol. The minimum Gasteiger partial charge on any atom is -0.497 e. The SMILES string of the molecule is COc1ccc(-c2cc[c]cn2)c(OC)c1. The molecule has 3 heteroatoms. The molecule has 0 unspecified atom stereocenters. The Kier molecular flexibility index (Phi) is 3.05. The van der Waals surface area contributed by atoms with Crippen LogP contribution in [0.2, 0.25) is 0 Å². The summed E-state index contributed by atoms with van der Waals surface area (Å²) < 4.78 is 10.5. The molecule has 0 atom stereocenters. The Morgan fingerprint density at radius 3 is 2.62 bits per heavy atom. The maximum atomic E-state index is 5.31. The van der Waals surface area contributed by atoms with E-state index in [1.54, 1.807) is 20.4 Å². The molecule has 0 N–H and O–H groups in total. The van der Waals surface area contributed by atoms with Crippen LogP contribution in [0, 0.1) is 6.07 Å². The molecule has 0 saturated carbocycles. The van der Waals surface area contributed by atoms with Crippen LogP contribution in [0.15, 0.2) is 36.5 Å². The fourth-order valence-corrected chi connectivity index (χ4v) is 1.49. The highest BCUT2D eigenvalue weighted by Crippen LogP contribution is 2.31. The minimum absolute atomic E-state index is 0.748. The lowest BCUT2D eigenvalue weighted by Crippen LogP contribution is -1.91. The smallest absolute Gasteiger partial charge is 0.131 e. The van der Waals surface area contributed by atoms with Crippen molar-refractivity contribution in [3.8, 4) is 22.8 Å². The van der Waals surface area contributed by atoms with Crippen molar-refractivity contribution in [1.29, 1.82) is 0 Å². The van der Waals surface area contributed by atoms with Gasteiger partial charge in [-0.1, -0.05) is 6.07 Å². The van der Waals surface area contributed by atoms with E-state index in [2.05, 4.69) is 11.1 Å². The predicted octanol–water partition coefficient (Wildman–Crippen LogP) is 2.57. The van der Waals surface area contributed by atoms with Gasteiger partial charge in [0.15, 0.2) is 0 Å². The molecule has 1 aromatic carbocycles. The first-order valence-electron chi connectivity index (χ1n) is 4.89. The fraction of sp³-hybridized carbons (Fsp3) is 0.154. The monoisotopic (exact) mass is 214 g/mol. The zero-order chi connectivity index (χ0) is 11.4. The van der Waals surface area contributed by atoms with Gasteiger partial charge in [0.1, 0.15) is 11.5 Å². The molecule has 0 aliphatic carbocycles. The lowest BCUT2D eigenvalue weighted by Gasteiger charge is -2.09. The minimum atomic E-state index is 0.748. The van der Waals surface area contributed by atoms with E-state index >= 15 is 0 Å². The summed E-state index contributed by atoms with van der Waals surface area (Å²) >= 11 is 0. The second kappa shape index (κ2) is 4.66. The Balaban J connectivity index is 2.49. The van der Waals surface area contributed by atoms with Crippen LogP contribution in [-0.4, -0.2) is 19.2 Å². The van der Waals surface area contributed by atoms with Gasteiger partial charge in [0.25, 0.3) is 0 Å². The van der Waals surface area contributed by atoms with E-state index in [1.807, 2.05) is 30.3 Å². The molecular formula is C13H12NO2. The molecule has 1 radical (unpaired) electrons. The number of hydrogen-bond acceptors (Lipinski definition) is 3. The van der Waals surface area contributed by atoms with Gasteiger partial charge < -0.3 is 9.47 Å². The van der Waals surface area contributed by atoms with Crippen LogP contribution >= 0.6 is 0 Å². The summed E-state index contributed by atoms with van der Waals surface area (Å²) in [5.41, 5.74) is 1.80. The summed E-state index contributed by atoms with van der Waals surface area (Å²) in [7, 11) is 3.26. The standard InChI is InChI=1S/C13H12NO2/c1-15-10-6-7-11(13(9-10)16-2)12-5-3-4-8-14-12/h3,5-9H,1-2H3. The van der Waals surface area contributed by atoms with Gasteiger partial charge in [0, 0.05) is 23.9 Å². The summed E-state index contributed by atoms with van der Waals surface area (Å²) in [5.74, 6) is 1.51. The van der Waals surface area contributed by atoms with Gasteiger partial charge >= 0.3 is 0 Å². The molecule has 2 aromatic rings. The molecule has 3 nitrogen and oxygen atoms in total. The zero-order valence-corrected chi connectivity index (χ0v) is 9.23. The number of aromatic nitrogens is 1. The van der Waals surface area contributed by atoms with Gasteiger partial charge in [-0.3, -0.25) is 4.98 Å². The van der Waals surface area contributed by atoms with E-state index in [0.717, 1.165) is 22.8 Å². The molecule has 0 fully saturated rings. The van der Waals surface area contributed by atoms with Gasteiger partial charge in [0.2, 0.25) is 0 Å². The van der Waals surface area contributed by atoms with Crippen LogP contribution in [0.3, 0.4) is 0 Å². The lowest BCUT2D eigenvalue weighted by atomic mass is 10.1. The first-order chi connectivity index (χ1) is 7.85. The largest absolute Gasteiger partial charge is 0.497 e. The second-order valence-electron chi connectivity index (χ2n) is 3.21. The molecule has 2 rings (SSSR count). The zero-order valence-electron chi connectivity index (χ0n) is 9.23. The highest BCUT2D eigenvalue weighted by Gasteiger charge is 2.07. The van der Waals surface area contributed by atoms with Crippen molar-refractivity contribution in [3.63, 3.8) is 0 Å². The van der Waals surface area contributed by atoms with Crippen LogP contribution in [-0.2, 0) is 0 Å². The van der Waals surface area contributed by atoms with Gasteiger partial charge in [0.05, 0.1) is 19.9 Å². The van der Waals surface area contributed by atoms with Gasteiger partial charge in [-0.25, -0.2) is 0 Å². The quantitative estimate of drug-likeness (QED) is 0.786. The first kappa shape index (κ1) is 10.5. The lowest BCUT2D eigenvalue weighted by molar-refractivity contribution is 0.395. The van der Waals surface area contributed by atoms with E-state index in [0.29, 0.717) is 0 Å². The van der Waals surface area contributed by atoms with Crippen molar-refractivity contribution in [3.05, 3.63) is 42.6 Å². The van der Waals surface area contributed by atoms with E-state index in [-0.39, 0.29) is 0 Å². The molecule has 81 valence electrons. The molecule has 0 aliphatic rings. The van der Waals surface area contributed by atoms with Gasteiger partial charge in [-0.05, 0) is 18.2 Å². The van der Waals surface area contributed by atoms with Crippen molar-refractivity contribution < 1.29 is 9.47 Å². The average Bonchev–Trinajstić information content (AvgIpc) is 2.39. The van der Waals surface area contributed by atoms with Crippen LogP contribution < -0.4 is 9.47 Å². The van der Waals surface area contributed by atoms with Crippen molar-refractivity contribution in [1.82, 2.24) is 4.98 Å². The molecule has 0 aliphatic heterocycles. The summed E-state index contributed by atoms with van der Waals surface area (Å²) in [5, 5.41) is 0. The maximum Gasteiger partial charge on any atom is 0.131 e. The Hall–Kier alpha value is -2.03. The van der Waals surface area contributed by atoms with Crippen molar-refractivity contribution in [2.45, 2.75) is 0 Å². The van der Waals surface area contributed by atoms with Gasteiger partial charge in [-0.2, -0.15) is 0 Å². The molecule has 0 saturated heterocycles. The maximum absolute atomic E-state index is 5.31. The Morgan fingerprint density at radius 1 is 1.12 bits per heavy atom. The normalized spacial score (nSPS) is 9.88. The highest BCUT2D eigenvalue weighted by atomic mass is 16.5. The Labute approximate surface area is 94.7 Å². The number of nitrogens with zero attached hydrogens (tertiary/aromatic N) is 1. The molecule has 1 heterocycles. The number of methoxy groups -OCH3 is 2. The van der Waals surface area contributed by atoms with Crippen LogP contribution in [0.25, 0.3) is 11.3 Å². The summed E-state index contributed by atoms with van der Waals surface area (Å²) in [6.07, 6.45) is 1.64. The summed E-state index contributed by atoms with van der Waals surface area (Å²) in [4.78, 5) is 4.24. The van der Waals surface area contributed by atoms with E-state index in [9.17, 15) is 0 Å². The van der Waals surface area contributed by atoms with E-state index in [1.165, 1.54) is 0 Å². The third-order valence-electron chi connectivity index (χ3n) is 2.30. The topological polar surface area (TPSA) is 31.4 Å². The van der Waals surface area contributed by atoms with Crippen LogP contribution in [0.1, 0.15) is 0 Å². The fourth-order valence-electron chi connectivity index (χ4n) is 1.49. The Morgan fingerprint density at radius 2 is 2.00 bits per heavy atom. The van der Waals surface area contributed by atoms with Crippen molar-refractivity contribution >= 4 is 0 Å². The summed E-state index contributed by atoms with van der Waals surface area (Å²) in [6.45, 7) is 0. The number of rotatable bonds is 3. The molecule has 0 amide bonds. The first-order valence-corrected chi connectivity index (χ1v) is 4.89. The molecule has 16 heavy (non-hydrogen) atoms. The van der Waals surface area contributed by atoms with Crippen LogP contribution in [0.4, 0.5) is 0 Å². The third-order valence-corrected chi connectivity index (χ3v) is 2.30. The predicted molar refractivity (Wildman–Crippen MR) is 61.6 cm³/mol. The number of hydrogen-bond donors (Lipinski definition) is 0. The Bertz CT molecular complexity index is 469. The molecule has 1 aromatic heterocycles. The molecule has 0 spiro atoms.